The number of carbonyl (C=O) groups excluding carboxylic acids is 2. The molecule has 1 aliphatic heterocycles. The summed E-state index contributed by atoms with van der Waals surface area (Å²) >= 11 is 6.01. The number of nitrogens with zero attached hydrogens (tertiary/aromatic N) is 1. The molecule has 0 aliphatic carbocycles. The molecule has 6 nitrogen and oxygen atoms in total. The van der Waals surface area contributed by atoms with E-state index in [2.05, 4.69) is 0 Å². The molecule has 0 aromatic heterocycles. The van der Waals surface area contributed by atoms with Gasteiger partial charge in [0.15, 0.2) is 0 Å². The second-order valence-corrected chi connectivity index (χ2v) is 8.00. The lowest BCUT2D eigenvalue weighted by Crippen LogP contribution is -2.40. The van der Waals surface area contributed by atoms with Crippen molar-refractivity contribution >= 4 is 23.7 Å². The Kier molecular flexibility index (Phi) is 7.36. The van der Waals surface area contributed by atoms with Gasteiger partial charge >= 0.3 is 12.1 Å². The Morgan fingerprint density at radius 3 is 2.67 bits per heavy atom. The number of rotatable bonds is 6. The Balaban J connectivity index is 2.05. The molecule has 0 saturated carbocycles. The zero-order valence-corrected chi connectivity index (χ0v) is 17.1. The summed E-state index contributed by atoms with van der Waals surface area (Å²) < 4.78 is 16.5. The lowest BCUT2D eigenvalue weighted by atomic mass is 10.1. The van der Waals surface area contributed by atoms with Crippen molar-refractivity contribution in [2.24, 2.45) is 0 Å². The molecule has 0 unspecified atom stereocenters. The predicted molar refractivity (Wildman–Crippen MR) is 103 cm³/mol. The van der Waals surface area contributed by atoms with Gasteiger partial charge in [0, 0.05) is 23.9 Å². The van der Waals surface area contributed by atoms with E-state index in [1.807, 2.05) is 32.9 Å². The first-order valence-electron chi connectivity index (χ1n) is 9.25. The minimum absolute atomic E-state index is 0.145. The van der Waals surface area contributed by atoms with Crippen LogP contribution in [-0.2, 0) is 14.3 Å². The average Bonchev–Trinajstić information content (AvgIpc) is 2.94. The van der Waals surface area contributed by atoms with Crippen LogP contribution in [0.3, 0.4) is 0 Å². The Bertz CT molecular complexity index is 658. The molecular weight excluding hydrogens is 370 g/mol. The SMILES string of the molecule is CCOC(=O)CC[C@@H]1C[C@@H](Oc2cccc(Cl)c2)CN1C(=O)OC(C)(C)C. The molecule has 0 N–H and O–H groups in total. The van der Waals surface area contributed by atoms with E-state index in [0.717, 1.165) is 0 Å². The van der Waals surface area contributed by atoms with Crippen molar-refractivity contribution in [3.8, 4) is 5.75 Å². The highest BCUT2D eigenvalue weighted by atomic mass is 35.5. The molecule has 1 aromatic carbocycles. The van der Waals surface area contributed by atoms with E-state index < -0.39 is 11.7 Å². The molecule has 0 spiro atoms. The normalized spacial score (nSPS) is 19.7. The third-order valence-electron chi connectivity index (χ3n) is 4.09. The average molecular weight is 398 g/mol. The van der Waals surface area contributed by atoms with E-state index in [1.165, 1.54) is 0 Å². The summed E-state index contributed by atoms with van der Waals surface area (Å²) in [7, 11) is 0. The van der Waals surface area contributed by atoms with Crippen LogP contribution in [0.1, 0.15) is 47.0 Å². The largest absolute Gasteiger partial charge is 0.488 e. The summed E-state index contributed by atoms with van der Waals surface area (Å²) in [6.45, 7) is 8.00. The molecule has 0 radical (unpaired) electrons. The number of carbonyl (C=O) groups is 2. The van der Waals surface area contributed by atoms with Gasteiger partial charge in [0.1, 0.15) is 17.5 Å². The molecule has 0 bridgehead atoms. The summed E-state index contributed by atoms with van der Waals surface area (Å²) in [6, 6.07) is 7.02. The molecule has 150 valence electrons. The first-order valence-corrected chi connectivity index (χ1v) is 9.63. The number of hydrogen-bond donors (Lipinski definition) is 0. The maximum atomic E-state index is 12.6. The molecule has 2 atom stereocenters. The number of esters is 1. The molecule has 1 aliphatic rings. The van der Waals surface area contributed by atoms with Crippen molar-refractivity contribution in [1.29, 1.82) is 0 Å². The standard InChI is InChI=1S/C20H28ClNO5/c1-5-25-18(23)10-9-15-12-17(26-16-8-6-7-14(21)11-16)13-22(15)19(24)27-20(2,3)4/h6-8,11,15,17H,5,9-10,12-13H2,1-4H3/t15-,17-/m1/s1. The summed E-state index contributed by atoms with van der Waals surface area (Å²) in [4.78, 5) is 26.0. The molecule has 1 fully saturated rings. The highest BCUT2D eigenvalue weighted by Crippen LogP contribution is 2.28. The van der Waals surface area contributed by atoms with Crippen molar-refractivity contribution in [3.05, 3.63) is 29.3 Å². The molecule has 2 rings (SSSR count). The fraction of sp³-hybridized carbons (Fsp3) is 0.600. The van der Waals surface area contributed by atoms with Crippen molar-refractivity contribution in [2.75, 3.05) is 13.2 Å². The van der Waals surface area contributed by atoms with Crippen LogP contribution in [0.25, 0.3) is 0 Å². The van der Waals surface area contributed by atoms with Gasteiger partial charge in [-0.05, 0) is 52.3 Å². The Morgan fingerprint density at radius 2 is 2.04 bits per heavy atom. The van der Waals surface area contributed by atoms with Gasteiger partial charge in [-0.25, -0.2) is 4.79 Å². The van der Waals surface area contributed by atoms with Crippen LogP contribution in [-0.4, -0.2) is 47.9 Å². The zero-order valence-electron chi connectivity index (χ0n) is 16.4. The fourth-order valence-corrected chi connectivity index (χ4v) is 3.21. The van der Waals surface area contributed by atoms with E-state index >= 15 is 0 Å². The van der Waals surface area contributed by atoms with Gasteiger partial charge in [-0.3, -0.25) is 4.79 Å². The van der Waals surface area contributed by atoms with Gasteiger partial charge in [0.2, 0.25) is 0 Å². The first-order chi connectivity index (χ1) is 12.7. The number of ether oxygens (including phenoxy) is 3. The van der Waals surface area contributed by atoms with Gasteiger partial charge in [-0.1, -0.05) is 17.7 Å². The molecule has 27 heavy (non-hydrogen) atoms. The smallest absolute Gasteiger partial charge is 0.410 e. The van der Waals surface area contributed by atoms with Gasteiger partial charge in [-0.2, -0.15) is 0 Å². The monoisotopic (exact) mass is 397 g/mol. The van der Waals surface area contributed by atoms with Crippen LogP contribution in [0.2, 0.25) is 5.02 Å². The number of likely N-dealkylation sites (tertiary alicyclic amines) is 1. The van der Waals surface area contributed by atoms with Crippen LogP contribution in [0, 0.1) is 0 Å². The topological polar surface area (TPSA) is 65.1 Å². The lowest BCUT2D eigenvalue weighted by molar-refractivity contribution is -0.143. The maximum absolute atomic E-state index is 12.6. The summed E-state index contributed by atoms with van der Waals surface area (Å²) in [5, 5.41) is 0.591. The number of amides is 1. The fourth-order valence-electron chi connectivity index (χ4n) is 3.03. The van der Waals surface area contributed by atoms with Crippen LogP contribution < -0.4 is 4.74 Å². The number of halogens is 1. The van der Waals surface area contributed by atoms with Gasteiger partial charge < -0.3 is 19.1 Å². The number of benzene rings is 1. The minimum Gasteiger partial charge on any atom is -0.488 e. The Labute approximate surface area is 165 Å². The molecule has 7 heteroatoms. The van der Waals surface area contributed by atoms with E-state index in [9.17, 15) is 9.59 Å². The van der Waals surface area contributed by atoms with E-state index in [1.54, 1.807) is 24.0 Å². The second-order valence-electron chi connectivity index (χ2n) is 7.56. The van der Waals surface area contributed by atoms with E-state index in [4.69, 9.17) is 25.8 Å². The minimum atomic E-state index is -0.589. The Morgan fingerprint density at radius 1 is 1.30 bits per heavy atom. The predicted octanol–water partition coefficient (Wildman–Crippen LogP) is 4.44. The molecular formula is C20H28ClNO5. The van der Waals surface area contributed by atoms with Gasteiger partial charge in [0.25, 0.3) is 0 Å². The Hall–Kier alpha value is -1.95. The summed E-state index contributed by atoms with van der Waals surface area (Å²) in [5.41, 5.74) is -0.589. The molecule has 1 saturated heterocycles. The molecule has 1 amide bonds. The van der Waals surface area contributed by atoms with Gasteiger partial charge in [-0.15, -0.1) is 0 Å². The van der Waals surface area contributed by atoms with Crippen molar-refractivity contribution in [1.82, 2.24) is 4.90 Å². The summed E-state index contributed by atoms with van der Waals surface area (Å²) in [5.74, 6) is 0.392. The highest BCUT2D eigenvalue weighted by Gasteiger charge is 2.38. The van der Waals surface area contributed by atoms with Crippen LogP contribution in [0.4, 0.5) is 4.79 Å². The molecule has 1 heterocycles. The third kappa shape index (κ3) is 6.94. The third-order valence-corrected chi connectivity index (χ3v) is 4.33. The number of hydrogen-bond acceptors (Lipinski definition) is 5. The molecule has 1 aromatic rings. The first kappa shape index (κ1) is 21.4. The van der Waals surface area contributed by atoms with Crippen LogP contribution >= 0.6 is 11.6 Å². The quantitative estimate of drug-likeness (QED) is 0.664. The summed E-state index contributed by atoms with van der Waals surface area (Å²) in [6.07, 6.45) is 0.789. The lowest BCUT2D eigenvalue weighted by Gasteiger charge is -2.28. The zero-order chi connectivity index (χ0) is 20.0. The van der Waals surface area contributed by atoms with Gasteiger partial charge in [0.05, 0.1) is 13.2 Å². The van der Waals surface area contributed by atoms with Crippen molar-refractivity contribution < 1.29 is 23.8 Å². The van der Waals surface area contributed by atoms with E-state index in [-0.39, 0.29) is 24.5 Å². The second kappa shape index (κ2) is 9.31. The van der Waals surface area contributed by atoms with Crippen molar-refractivity contribution in [2.45, 2.75) is 64.7 Å². The van der Waals surface area contributed by atoms with Crippen molar-refractivity contribution in [3.63, 3.8) is 0 Å². The van der Waals surface area contributed by atoms with Crippen LogP contribution in [0.15, 0.2) is 24.3 Å². The van der Waals surface area contributed by atoms with Crippen LogP contribution in [0.5, 0.6) is 5.75 Å². The highest BCUT2D eigenvalue weighted by molar-refractivity contribution is 6.30. The maximum Gasteiger partial charge on any atom is 0.410 e. The van der Waals surface area contributed by atoms with E-state index in [0.29, 0.717) is 36.8 Å².